The van der Waals surface area contributed by atoms with E-state index in [1.54, 1.807) is 0 Å². The molecule has 0 saturated carbocycles. The second-order valence-corrected chi connectivity index (χ2v) is 5.56. The van der Waals surface area contributed by atoms with Crippen molar-refractivity contribution in [2.45, 2.75) is 32.7 Å². The van der Waals surface area contributed by atoms with Gasteiger partial charge in [0.2, 0.25) is 6.41 Å². The van der Waals surface area contributed by atoms with Crippen molar-refractivity contribution in [1.29, 1.82) is 0 Å². The van der Waals surface area contributed by atoms with Crippen LogP contribution in [-0.2, 0) is 31.0 Å². The molecule has 0 aliphatic carbocycles. The van der Waals surface area contributed by atoms with E-state index in [0.29, 0.717) is 23.5 Å². The summed E-state index contributed by atoms with van der Waals surface area (Å²) in [7, 11) is 0. The molecule has 0 atom stereocenters. The highest BCUT2D eigenvalue weighted by molar-refractivity contribution is 5.55. The summed E-state index contributed by atoms with van der Waals surface area (Å²) in [5.74, 6) is -0.455. The summed E-state index contributed by atoms with van der Waals surface area (Å²) >= 11 is 0. The third kappa shape index (κ3) is 3.41. The minimum atomic E-state index is -2.90. The monoisotopic (exact) mass is 352 g/mol. The van der Waals surface area contributed by atoms with Crippen molar-refractivity contribution in [3.05, 3.63) is 52.2 Å². The molecule has 1 amide bonds. The molecule has 3 rings (SSSR count). The van der Waals surface area contributed by atoms with E-state index in [1.807, 2.05) is 0 Å². The van der Waals surface area contributed by atoms with Gasteiger partial charge in [0.1, 0.15) is 18.2 Å². The van der Waals surface area contributed by atoms with Crippen LogP contribution in [0.4, 0.5) is 19.0 Å². The molecule has 1 aliphatic rings. The third-order valence-corrected chi connectivity index (χ3v) is 3.93. The van der Waals surface area contributed by atoms with Crippen molar-refractivity contribution in [1.82, 2.24) is 14.9 Å². The van der Waals surface area contributed by atoms with Crippen molar-refractivity contribution in [3.63, 3.8) is 0 Å². The molecule has 0 bridgehead atoms. The lowest BCUT2D eigenvalue weighted by Crippen LogP contribution is -2.13. The second kappa shape index (κ2) is 7.06. The maximum absolute atomic E-state index is 14.1. The number of hydrogen-bond donors (Lipinski definition) is 2. The molecular formula is C16H15F3N4O2. The van der Waals surface area contributed by atoms with E-state index in [2.05, 4.69) is 15.3 Å². The first-order chi connectivity index (χ1) is 12.0. The van der Waals surface area contributed by atoms with Gasteiger partial charge in [-0.1, -0.05) is 18.2 Å². The first-order valence-electron chi connectivity index (χ1n) is 7.51. The number of carbonyl (C=O) groups is 1. The summed E-state index contributed by atoms with van der Waals surface area (Å²) in [4.78, 5) is 20.7. The van der Waals surface area contributed by atoms with Gasteiger partial charge in [-0.3, -0.25) is 4.79 Å². The molecule has 1 aliphatic heterocycles. The Labute approximate surface area is 141 Å². The van der Waals surface area contributed by atoms with Crippen molar-refractivity contribution in [2.75, 3.05) is 5.32 Å². The average molecular weight is 352 g/mol. The Kier molecular flexibility index (Phi) is 4.84. The number of halogens is 3. The topological polar surface area (TPSA) is 78.4 Å². The van der Waals surface area contributed by atoms with Crippen LogP contribution < -0.4 is 5.32 Å². The zero-order valence-corrected chi connectivity index (χ0v) is 13.0. The number of amides is 1. The van der Waals surface area contributed by atoms with Crippen LogP contribution in [0.25, 0.3) is 0 Å². The Balaban J connectivity index is 1.86. The number of fused-ring (bicyclic) bond motifs is 1. The fourth-order valence-corrected chi connectivity index (χ4v) is 2.70. The molecule has 0 unspecified atom stereocenters. The molecule has 2 aromatic rings. The summed E-state index contributed by atoms with van der Waals surface area (Å²) in [6, 6.07) is 3.80. The molecule has 2 heterocycles. The Morgan fingerprint density at radius 2 is 2.12 bits per heavy atom. The van der Waals surface area contributed by atoms with Crippen LogP contribution in [0.1, 0.15) is 34.6 Å². The van der Waals surface area contributed by atoms with E-state index in [4.69, 9.17) is 0 Å². The molecule has 0 spiro atoms. The molecular weight excluding hydrogens is 337 g/mol. The first kappa shape index (κ1) is 17.2. The Morgan fingerprint density at radius 1 is 1.32 bits per heavy atom. The van der Waals surface area contributed by atoms with Gasteiger partial charge in [0.05, 0.1) is 24.3 Å². The number of anilines is 1. The fourth-order valence-electron chi connectivity index (χ4n) is 2.70. The number of aliphatic hydroxyl groups excluding tert-OH is 1. The molecule has 0 saturated heterocycles. The zero-order valence-electron chi connectivity index (χ0n) is 13.0. The largest absolute Gasteiger partial charge is 0.388 e. The number of aromatic nitrogens is 2. The Morgan fingerprint density at radius 3 is 2.80 bits per heavy atom. The predicted molar refractivity (Wildman–Crippen MR) is 81.9 cm³/mol. The minimum Gasteiger partial charge on any atom is -0.388 e. The molecule has 2 N–H and O–H groups in total. The van der Waals surface area contributed by atoms with Crippen molar-refractivity contribution >= 4 is 12.2 Å². The maximum Gasteiger partial charge on any atom is 0.266 e. The van der Waals surface area contributed by atoms with Gasteiger partial charge in [0, 0.05) is 17.7 Å². The van der Waals surface area contributed by atoms with Gasteiger partial charge in [0.15, 0.2) is 5.82 Å². The SMILES string of the molecule is O=CN1Cc2nc(CO)nc(NCc3cccc(C(F)F)c3F)c2C1. The van der Waals surface area contributed by atoms with E-state index >= 15 is 0 Å². The lowest BCUT2D eigenvalue weighted by atomic mass is 10.1. The average Bonchev–Trinajstić information content (AvgIpc) is 3.03. The number of nitrogens with one attached hydrogen (secondary N) is 1. The van der Waals surface area contributed by atoms with Gasteiger partial charge >= 0.3 is 0 Å². The van der Waals surface area contributed by atoms with E-state index in [9.17, 15) is 23.1 Å². The van der Waals surface area contributed by atoms with Crippen LogP contribution in [0.3, 0.4) is 0 Å². The van der Waals surface area contributed by atoms with Crippen LogP contribution in [0.15, 0.2) is 18.2 Å². The highest BCUT2D eigenvalue weighted by Gasteiger charge is 2.24. The van der Waals surface area contributed by atoms with Gasteiger partial charge in [-0.2, -0.15) is 0 Å². The van der Waals surface area contributed by atoms with Gasteiger partial charge in [-0.15, -0.1) is 0 Å². The van der Waals surface area contributed by atoms with Crippen LogP contribution in [0, 0.1) is 5.82 Å². The number of aliphatic hydroxyl groups is 1. The zero-order chi connectivity index (χ0) is 18.0. The quantitative estimate of drug-likeness (QED) is 0.779. The van der Waals surface area contributed by atoms with Crippen LogP contribution in [-0.4, -0.2) is 26.4 Å². The summed E-state index contributed by atoms with van der Waals surface area (Å²) in [6.45, 7) is 0.116. The van der Waals surface area contributed by atoms with Crippen molar-refractivity contribution < 1.29 is 23.1 Å². The summed E-state index contributed by atoms with van der Waals surface area (Å²) in [5, 5.41) is 12.2. The maximum atomic E-state index is 14.1. The number of nitrogens with zero attached hydrogens (tertiary/aromatic N) is 3. The molecule has 1 aromatic carbocycles. The highest BCUT2D eigenvalue weighted by atomic mass is 19.3. The first-order valence-corrected chi connectivity index (χ1v) is 7.51. The number of carbonyl (C=O) groups excluding carboxylic acids is 1. The Hall–Kier alpha value is -2.68. The molecule has 1 aromatic heterocycles. The predicted octanol–water partition coefficient (Wildman–Crippen LogP) is 2.13. The number of rotatable bonds is 6. The van der Waals surface area contributed by atoms with E-state index in [-0.39, 0.29) is 31.0 Å². The van der Waals surface area contributed by atoms with Crippen LogP contribution >= 0.6 is 0 Å². The minimum absolute atomic E-state index is 0.0677. The van der Waals surface area contributed by atoms with Gasteiger partial charge in [0.25, 0.3) is 6.43 Å². The van der Waals surface area contributed by atoms with E-state index in [0.717, 1.165) is 6.07 Å². The summed E-state index contributed by atoms with van der Waals surface area (Å²) in [6.07, 6.45) is -2.22. The second-order valence-electron chi connectivity index (χ2n) is 5.56. The lowest BCUT2D eigenvalue weighted by molar-refractivity contribution is -0.118. The lowest BCUT2D eigenvalue weighted by Gasteiger charge is -2.13. The fraction of sp³-hybridized carbons (Fsp3) is 0.312. The normalized spacial score (nSPS) is 13.2. The summed E-state index contributed by atoms with van der Waals surface area (Å²) < 4.78 is 39.7. The standard InChI is InChI=1S/C16H15F3N4O2/c17-14-9(2-1-3-10(14)15(18)19)4-20-16-11-5-23(8-25)6-12(11)21-13(7-24)22-16/h1-3,8,15,24H,4-7H2,(H,20,21,22). The molecule has 25 heavy (non-hydrogen) atoms. The van der Waals surface area contributed by atoms with Crippen LogP contribution in [0.5, 0.6) is 0 Å². The Bertz CT molecular complexity index is 801. The van der Waals surface area contributed by atoms with Crippen molar-refractivity contribution in [2.24, 2.45) is 0 Å². The smallest absolute Gasteiger partial charge is 0.266 e. The number of hydrogen-bond acceptors (Lipinski definition) is 5. The molecule has 6 nitrogen and oxygen atoms in total. The summed E-state index contributed by atoms with van der Waals surface area (Å²) in [5.41, 5.74) is 0.668. The molecule has 9 heteroatoms. The molecule has 132 valence electrons. The molecule has 0 radical (unpaired) electrons. The third-order valence-electron chi connectivity index (χ3n) is 3.93. The number of alkyl halides is 2. The number of benzene rings is 1. The van der Waals surface area contributed by atoms with Crippen molar-refractivity contribution in [3.8, 4) is 0 Å². The van der Waals surface area contributed by atoms with Crippen LogP contribution in [0.2, 0.25) is 0 Å². The van der Waals surface area contributed by atoms with Gasteiger partial charge in [-0.05, 0) is 0 Å². The highest BCUT2D eigenvalue weighted by Crippen LogP contribution is 2.28. The van der Waals surface area contributed by atoms with Gasteiger partial charge in [-0.25, -0.2) is 23.1 Å². The molecule has 0 fully saturated rings. The van der Waals surface area contributed by atoms with E-state index < -0.39 is 24.4 Å². The van der Waals surface area contributed by atoms with E-state index in [1.165, 1.54) is 17.0 Å². The van der Waals surface area contributed by atoms with Gasteiger partial charge < -0.3 is 15.3 Å².